The topological polar surface area (TPSA) is 64.0 Å². The highest BCUT2D eigenvalue weighted by Gasteiger charge is 2.36. The number of benzene rings is 1. The van der Waals surface area contributed by atoms with E-state index in [1.165, 1.54) is 49.9 Å². The zero-order valence-corrected chi connectivity index (χ0v) is 17.9. The van der Waals surface area contributed by atoms with E-state index in [2.05, 4.69) is 27.6 Å². The fraction of sp³-hybridized carbons (Fsp3) is 0.478. The van der Waals surface area contributed by atoms with Gasteiger partial charge in [-0.25, -0.2) is 15.5 Å². The van der Waals surface area contributed by atoms with Crippen LogP contribution in [0.2, 0.25) is 0 Å². The summed E-state index contributed by atoms with van der Waals surface area (Å²) in [6.45, 7) is 1.48. The van der Waals surface area contributed by atoms with Crippen LogP contribution < -0.4 is 10.4 Å². The Labute approximate surface area is 185 Å². The summed E-state index contributed by atoms with van der Waals surface area (Å²) in [6, 6.07) is 10.4. The minimum absolute atomic E-state index is 0.0617. The van der Waals surface area contributed by atoms with E-state index in [1.54, 1.807) is 4.90 Å². The lowest BCUT2D eigenvalue weighted by Gasteiger charge is -2.37. The fourth-order valence-corrected chi connectivity index (χ4v) is 4.55. The molecule has 172 valence electrons. The van der Waals surface area contributed by atoms with Crippen molar-refractivity contribution in [2.24, 2.45) is 4.99 Å². The summed E-state index contributed by atoms with van der Waals surface area (Å²) in [5, 5.41) is 9.63. The van der Waals surface area contributed by atoms with Crippen molar-refractivity contribution in [3.8, 4) is 0 Å². The summed E-state index contributed by atoms with van der Waals surface area (Å²) in [5.74, 6) is 0.832. The number of rotatable bonds is 3. The van der Waals surface area contributed by atoms with E-state index in [0.717, 1.165) is 6.07 Å². The summed E-state index contributed by atoms with van der Waals surface area (Å²) < 4.78 is 39.9. The fourth-order valence-electron chi connectivity index (χ4n) is 4.55. The number of hydrogen-bond acceptors (Lipinski definition) is 4. The Hall–Kier alpha value is -2.81. The van der Waals surface area contributed by atoms with E-state index in [-0.39, 0.29) is 11.8 Å². The molecule has 2 fully saturated rings. The summed E-state index contributed by atoms with van der Waals surface area (Å²) in [6.07, 6.45) is 3.23. The molecule has 1 aliphatic carbocycles. The van der Waals surface area contributed by atoms with Gasteiger partial charge in [-0.2, -0.15) is 13.2 Å². The Morgan fingerprint density at radius 1 is 1.00 bits per heavy atom. The van der Waals surface area contributed by atoms with Crippen molar-refractivity contribution in [1.82, 2.24) is 15.4 Å². The van der Waals surface area contributed by atoms with Crippen molar-refractivity contribution in [3.05, 3.63) is 53.7 Å². The Balaban J connectivity index is 1.42. The third kappa shape index (κ3) is 5.15. The minimum atomic E-state index is -4.45. The molecule has 0 atom stereocenters. The predicted molar refractivity (Wildman–Crippen MR) is 117 cm³/mol. The molecule has 1 saturated heterocycles. The molecule has 0 radical (unpaired) electrons. The highest BCUT2D eigenvalue weighted by atomic mass is 19.4. The van der Waals surface area contributed by atoms with Gasteiger partial charge in [-0.1, -0.05) is 31.4 Å². The van der Waals surface area contributed by atoms with Gasteiger partial charge in [-0.3, -0.25) is 5.21 Å². The quantitative estimate of drug-likeness (QED) is 0.397. The number of aliphatic imine (C=N–C) groups is 1. The van der Waals surface area contributed by atoms with Crippen LogP contribution in [0.5, 0.6) is 0 Å². The average Bonchev–Trinajstić information content (AvgIpc) is 2.83. The molecule has 1 aromatic carbocycles. The predicted octanol–water partition coefficient (Wildman–Crippen LogP) is 4.94. The Morgan fingerprint density at radius 2 is 1.69 bits per heavy atom. The van der Waals surface area contributed by atoms with Crippen LogP contribution in [0.4, 0.5) is 24.7 Å². The number of hydroxylamine groups is 1. The first-order valence-corrected chi connectivity index (χ1v) is 11.1. The molecule has 1 aliphatic heterocycles. The van der Waals surface area contributed by atoms with Gasteiger partial charge >= 0.3 is 6.18 Å². The number of piperazine rings is 1. The Bertz CT molecular complexity index is 918. The van der Waals surface area contributed by atoms with Crippen LogP contribution in [0.1, 0.15) is 49.1 Å². The standard InChI is InChI=1S/C23H28F3N5O/c24-23(25,26)20-7-4-12-27-21(20)30-13-15-31(16-14-30)22(29-32)28-19-10-8-18(9-11-19)17-5-2-1-3-6-17/h4,7-12,17,32H,1-3,5-6,13-16H2,(H,28,29). The van der Waals surface area contributed by atoms with Crippen molar-refractivity contribution < 1.29 is 18.4 Å². The average molecular weight is 448 g/mol. The normalized spacial score (nSPS) is 18.7. The molecule has 0 amide bonds. The van der Waals surface area contributed by atoms with E-state index in [0.29, 0.717) is 37.8 Å². The SMILES string of the molecule is ONC(=Nc1ccc(C2CCCCC2)cc1)N1CCN(c2ncccc2C(F)(F)F)CC1. The number of pyridine rings is 1. The van der Waals surface area contributed by atoms with Gasteiger partial charge < -0.3 is 9.80 Å². The van der Waals surface area contributed by atoms with Crippen LogP contribution in [0.25, 0.3) is 0 Å². The second kappa shape index (κ2) is 9.77. The van der Waals surface area contributed by atoms with E-state index < -0.39 is 11.7 Å². The van der Waals surface area contributed by atoms with Crippen LogP contribution in [-0.2, 0) is 6.18 Å². The zero-order valence-electron chi connectivity index (χ0n) is 17.9. The van der Waals surface area contributed by atoms with Crippen molar-refractivity contribution in [2.45, 2.75) is 44.2 Å². The van der Waals surface area contributed by atoms with Crippen LogP contribution in [0.15, 0.2) is 47.6 Å². The van der Waals surface area contributed by atoms with Crippen molar-refractivity contribution in [1.29, 1.82) is 0 Å². The summed E-state index contributed by atoms with van der Waals surface area (Å²) in [4.78, 5) is 11.9. The Kier molecular flexibility index (Phi) is 6.83. The van der Waals surface area contributed by atoms with Crippen molar-refractivity contribution in [2.75, 3.05) is 31.1 Å². The van der Waals surface area contributed by atoms with E-state index >= 15 is 0 Å². The number of guanidine groups is 1. The summed E-state index contributed by atoms with van der Waals surface area (Å²) in [7, 11) is 0. The van der Waals surface area contributed by atoms with Gasteiger partial charge in [0.1, 0.15) is 5.82 Å². The molecule has 6 nitrogen and oxygen atoms in total. The van der Waals surface area contributed by atoms with Gasteiger partial charge in [0, 0.05) is 32.4 Å². The molecule has 32 heavy (non-hydrogen) atoms. The lowest BCUT2D eigenvalue weighted by atomic mass is 9.84. The second-order valence-electron chi connectivity index (χ2n) is 8.32. The molecular formula is C23H28F3N5O. The molecular weight excluding hydrogens is 419 g/mol. The molecule has 1 saturated carbocycles. The number of hydrogen-bond donors (Lipinski definition) is 2. The number of halogens is 3. The molecule has 1 aromatic heterocycles. The summed E-state index contributed by atoms with van der Waals surface area (Å²) in [5.41, 5.74) is 3.46. The molecule has 9 heteroatoms. The van der Waals surface area contributed by atoms with Gasteiger partial charge in [-0.05, 0) is 48.6 Å². The van der Waals surface area contributed by atoms with Crippen LogP contribution in [-0.4, -0.2) is 47.2 Å². The molecule has 2 heterocycles. The van der Waals surface area contributed by atoms with Gasteiger partial charge in [0.05, 0.1) is 11.3 Å². The van der Waals surface area contributed by atoms with Crippen molar-refractivity contribution >= 4 is 17.5 Å². The van der Waals surface area contributed by atoms with Gasteiger partial charge in [-0.15, -0.1) is 0 Å². The molecule has 0 spiro atoms. The van der Waals surface area contributed by atoms with Crippen LogP contribution in [0.3, 0.4) is 0 Å². The number of nitrogens with zero attached hydrogens (tertiary/aromatic N) is 4. The van der Waals surface area contributed by atoms with E-state index in [9.17, 15) is 18.4 Å². The lowest BCUT2D eigenvalue weighted by molar-refractivity contribution is -0.137. The molecule has 0 bridgehead atoms. The maximum Gasteiger partial charge on any atom is 0.419 e. The number of aromatic nitrogens is 1. The highest BCUT2D eigenvalue weighted by molar-refractivity contribution is 5.82. The highest BCUT2D eigenvalue weighted by Crippen LogP contribution is 2.36. The third-order valence-corrected chi connectivity index (χ3v) is 6.28. The zero-order chi connectivity index (χ0) is 22.6. The Morgan fingerprint density at radius 3 is 2.31 bits per heavy atom. The van der Waals surface area contributed by atoms with E-state index in [4.69, 9.17) is 0 Å². The first kappa shape index (κ1) is 22.4. The van der Waals surface area contributed by atoms with Crippen LogP contribution >= 0.6 is 0 Å². The first-order valence-electron chi connectivity index (χ1n) is 11.1. The van der Waals surface area contributed by atoms with Crippen molar-refractivity contribution in [3.63, 3.8) is 0 Å². The monoisotopic (exact) mass is 447 g/mol. The lowest BCUT2D eigenvalue weighted by Crippen LogP contribution is -2.52. The number of anilines is 1. The maximum absolute atomic E-state index is 13.3. The largest absolute Gasteiger partial charge is 0.419 e. The van der Waals surface area contributed by atoms with E-state index in [1.807, 2.05) is 17.0 Å². The molecule has 2 aliphatic rings. The van der Waals surface area contributed by atoms with Gasteiger partial charge in [0.2, 0.25) is 5.96 Å². The molecule has 4 rings (SSSR count). The number of alkyl halides is 3. The molecule has 2 N–H and O–H groups in total. The molecule has 2 aromatic rings. The maximum atomic E-state index is 13.3. The molecule has 0 unspecified atom stereocenters. The third-order valence-electron chi connectivity index (χ3n) is 6.28. The minimum Gasteiger partial charge on any atom is -0.353 e. The first-order chi connectivity index (χ1) is 15.5. The summed E-state index contributed by atoms with van der Waals surface area (Å²) >= 11 is 0. The second-order valence-corrected chi connectivity index (χ2v) is 8.32. The smallest absolute Gasteiger partial charge is 0.353 e. The number of nitrogens with one attached hydrogen (secondary N) is 1. The van der Waals surface area contributed by atoms with Gasteiger partial charge in [0.15, 0.2) is 0 Å². The van der Waals surface area contributed by atoms with Crippen LogP contribution in [0, 0.1) is 0 Å². The van der Waals surface area contributed by atoms with Gasteiger partial charge in [0.25, 0.3) is 0 Å².